The predicted octanol–water partition coefficient (Wildman–Crippen LogP) is 2.63. The molecule has 0 aliphatic carbocycles. The summed E-state index contributed by atoms with van der Waals surface area (Å²) in [5.74, 6) is 0.746. The van der Waals surface area contributed by atoms with Crippen LogP contribution in [0.4, 0.5) is 0 Å². The maximum absolute atomic E-state index is 5.88. The first kappa shape index (κ1) is 11.9. The minimum atomic E-state index is 0.323. The van der Waals surface area contributed by atoms with Gasteiger partial charge in [0, 0.05) is 23.6 Å². The molecule has 0 atom stereocenters. The normalized spacial score (nSPS) is 18.7. The molecular weight excluding hydrogens is 268 g/mol. The highest BCUT2D eigenvalue weighted by atomic mass is 79.9. The molecule has 16 heavy (non-hydrogen) atoms. The summed E-state index contributed by atoms with van der Waals surface area (Å²) in [6.07, 6.45) is 2.50. The average molecular weight is 285 g/mol. The van der Waals surface area contributed by atoms with Crippen molar-refractivity contribution in [3.05, 3.63) is 22.3 Å². The Morgan fingerprint density at radius 1 is 1.38 bits per heavy atom. The number of rotatable bonds is 2. The van der Waals surface area contributed by atoms with Crippen molar-refractivity contribution in [1.82, 2.24) is 9.88 Å². The first-order valence-electron chi connectivity index (χ1n) is 5.63. The van der Waals surface area contributed by atoms with Crippen LogP contribution in [0.3, 0.4) is 0 Å². The number of hydrogen-bond donors (Lipinski definition) is 0. The average Bonchev–Trinajstić information content (AvgIpc) is 2.27. The Labute approximate surface area is 105 Å². The van der Waals surface area contributed by atoms with Crippen LogP contribution in [0.5, 0.6) is 5.88 Å². The topological polar surface area (TPSA) is 25.4 Å². The number of halogens is 1. The van der Waals surface area contributed by atoms with E-state index in [1.165, 1.54) is 0 Å². The van der Waals surface area contributed by atoms with Gasteiger partial charge in [0.25, 0.3) is 0 Å². The van der Waals surface area contributed by atoms with Crippen molar-refractivity contribution in [2.75, 3.05) is 20.1 Å². The number of pyridine rings is 1. The Morgan fingerprint density at radius 3 is 2.69 bits per heavy atom. The lowest BCUT2D eigenvalue weighted by Gasteiger charge is -2.28. The summed E-state index contributed by atoms with van der Waals surface area (Å²) in [6.45, 7) is 4.20. The summed E-state index contributed by atoms with van der Waals surface area (Å²) in [4.78, 5) is 6.74. The second-order valence-electron chi connectivity index (χ2n) is 4.34. The Balaban J connectivity index is 1.96. The number of aromatic nitrogens is 1. The van der Waals surface area contributed by atoms with Gasteiger partial charge in [0.05, 0.1) is 5.69 Å². The lowest BCUT2D eigenvalue weighted by molar-refractivity contribution is 0.110. The molecule has 0 saturated carbocycles. The van der Waals surface area contributed by atoms with Gasteiger partial charge in [0.1, 0.15) is 6.10 Å². The lowest BCUT2D eigenvalue weighted by Crippen LogP contribution is -2.35. The molecule has 4 heteroatoms. The molecular formula is C12H17BrN2O. The zero-order chi connectivity index (χ0) is 11.5. The maximum Gasteiger partial charge on any atom is 0.213 e. The van der Waals surface area contributed by atoms with E-state index in [4.69, 9.17) is 4.74 Å². The van der Waals surface area contributed by atoms with E-state index >= 15 is 0 Å². The number of hydrogen-bond acceptors (Lipinski definition) is 3. The fourth-order valence-electron chi connectivity index (χ4n) is 1.86. The highest BCUT2D eigenvalue weighted by Crippen LogP contribution is 2.20. The fourth-order valence-corrected chi connectivity index (χ4v) is 2.08. The van der Waals surface area contributed by atoms with Gasteiger partial charge in [-0.25, -0.2) is 4.98 Å². The summed E-state index contributed by atoms with van der Waals surface area (Å²) in [5.41, 5.74) is 0.977. The van der Waals surface area contributed by atoms with Gasteiger partial charge < -0.3 is 9.64 Å². The Morgan fingerprint density at radius 2 is 2.06 bits per heavy atom. The molecule has 0 radical (unpaired) electrons. The van der Waals surface area contributed by atoms with Crippen LogP contribution in [0, 0.1) is 6.92 Å². The quantitative estimate of drug-likeness (QED) is 0.835. The second-order valence-corrected chi connectivity index (χ2v) is 5.19. The van der Waals surface area contributed by atoms with E-state index in [1.54, 1.807) is 0 Å². The molecule has 0 aromatic carbocycles. The van der Waals surface area contributed by atoms with Crippen molar-refractivity contribution in [2.45, 2.75) is 25.9 Å². The van der Waals surface area contributed by atoms with Crippen LogP contribution in [-0.2, 0) is 0 Å². The largest absolute Gasteiger partial charge is 0.474 e. The standard InChI is InChI=1S/C12H17BrN2O/c1-9-11(13)3-4-12(14-9)16-10-5-7-15(2)8-6-10/h3-4,10H,5-8H2,1-2H3. The molecule has 2 rings (SSSR count). The van der Waals surface area contributed by atoms with Crippen LogP contribution in [0.15, 0.2) is 16.6 Å². The Bertz CT molecular complexity index is 362. The van der Waals surface area contributed by atoms with Gasteiger partial charge in [-0.05, 0) is 48.8 Å². The maximum atomic E-state index is 5.88. The van der Waals surface area contributed by atoms with Crippen LogP contribution in [0.25, 0.3) is 0 Å². The number of nitrogens with zero attached hydrogens (tertiary/aromatic N) is 2. The number of ether oxygens (including phenoxy) is 1. The van der Waals surface area contributed by atoms with E-state index in [9.17, 15) is 0 Å². The van der Waals surface area contributed by atoms with Gasteiger partial charge in [0.2, 0.25) is 5.88 Å². The van der Waals surface area contributed by atoms with E-state index in [2.05, 4.69) is 32.9 Å². The molecule has 3 nitrogen and oxygen atoms in total. The van der Waals surface area contributed by atoms with Gasteiger partial charge in [-0.15, -0.1) is 0 Å². The van der Waals surface area contributed by atoms with E-state index in [-0.39, 0.29) is 0 Å². The third kappa shape index (κ3) is 2.95. The monoisotopic (exact) mass is 284 g/mol. The number of likely N-dealkylation sites (tertiary alicyclic amines) is 1. The Hall–Kier alpha value is -0.610. The minimum Gasteiger partial charge on any atom is -0.474 e. The summed E-state index contributed by atoms with van der Waals surface area (Å²) in [6, 6.07) is 3.92. The summed E-state index contributed by atoms with van der Waals surface area (Å²) < 4.78 is 6.91. The zero-order valence-electron chi connectivity index (χ0n) is 9.74. The molecule has 0 amide bonds. The smallest absolute Gasteiger partial charge is 0.213 e. The van der Waals surface area contributed by atoms with Crippen molar-refractivity contribution in [1.29, 1.82) is 0 Å². The SMILES string of the molecule is Cc1nc(OC2CCN(C)CC2)ccc1Br. The summed E-state index contributed by atoms with van der Waals surface area (Å²) in [7, 11) is 2.15. The van der Waals surface area contributed by atoms with Crippen molar-refractivity contribution in [3.63, 3.8) is 0 Å². The fraction of sp³-hybridized carbons (Fsp3) is 0.583. The highest BCUT2D eigenvalue weighted by Gasteiger charge is 2.18. The summed E-state index contributed by atoms with van der Waals surface area (Å²) >= 11 is 3.44. The van der Waals surface area contributed by atoms with Crippen molar-refractivity contribution >= 4 is 15.9 Å². The molecule has 2 heterocycles. The first-order chi connectivity index (χ1) is 7.65. The zero-order valence-corrected chi connectivity index (χ0v) is 11.3. The van der Waals surface area contributed by atoms with Gasteiger partial charge in [0.15, 0.2) is 0 Å². The molecule has 0 N–H and O–H groups in total. The van der Waals surface area contributed by atoms with Crippen molar-refractivity contribution < 1.29 is 4.74 Å². The molecule has 1 saturated heterocycles. The molecule has 1 aliphatic rings. The predicted molar refractivity (Wildman–Crippen MR) is 67.8 cm³/mol. The molecule has 0 bridgehead atoms. The third-order valence-corrected chi connectivity index (χ3v) is 3.79. The highest BCUT2D eigenvalue weighted by molar-refractivity contribution is 9.10. The minimum absolute atomic E-state index is 0.323. The lowest BCUT2D eigenvalue weighted by atomic mass is 10.1. The summed E-state index contributed by atoms with van der Waals surface area (Å²) in [5, 5.41) is 0. The Kier molecular flexibility index (Phi) is 3.82. The van der Waals surface area contributed by atoms with Crippen LogP contribution in [0.2, 0.25) is 0 Å². The van der Waals surface area contributed by atoms with Gasteiger partial charge in [-0.2, -0.15) is 0 Å². The molecule has 1 fully saturated rings. The first-order valence-corrected chi connectivity index (χ1v) is 6.43. The van der Waals surface area contributed by atoms with Crippen molar-refractivity contribution in [3.8, 4) is 5.88 Å². The number of aryl methyl sites for hydroxylation is 1. The van der Waals surface area contributed by atoms with E-state index in [0.29, 0.717) is 6.10 Å². The number of piperidine rings is 1. The van der Waals surface area contributed by atoms with Crippen LogP contribution in [-0.4, -0.2) is 36.1 Å². The molecule has 1 aromatic heterocycles. The second kappa shape index (κ2) is 5.15. The van der Waals surface area contributed by atoms with Crippen LogP contribution < -0.4 is 4.74 Å². The van der Waals surface area contributed by atoms with Gasteiger partial charge >= 0.3 is 0 Å². The third-order valence-electron chi connectivity index (χ3n) is 2.95. The van der Waals surface area contributed by atoms with Gasteiger partial charge in [-0.1, -0.05) is 0 Å². The molecule has 88 valence electrons. The van der Waals surface area contributed by atoms with Crippen LogP contribution in [0.1, 0.15) is 18.5 Å². The van der Waals surface area contributed by atoms with E-state index in [0.717, 1.165) is 42.0 Å². The van der Waals surface area contributed by atoms with Crippen LogP contribution >= 0.6 is 15.9 Å². The van der Waals surface area contributed by atoms with Crippen molar-refractivity contribution in [2.24, 2.45) is 0 Å². The van der Waals surface area contributed by atoms with Gasteiger partial charge in [-0.3, -0.25) is 0 Å². The van der Waals surface area contributed by atoms with E-state index < -0.39 is 0 Å². The molecule has 1 aliphatic heterocycles. The molecule has 0 unspecified atom stereocenters. The van der Waals surface area contributed by atoms with E-state index in [1.807, 2.05) is 19.1 Å². The molecule has 0 spiro atoms. The molecule has 1 aromatic rings.